The average Bonchev–Trinajstić information content (AvgIpc) is 3.26. The van der Waals surface area contributed by atoms with E-state index < -0.39 is 0 Å². The second kappa shape index (κ2) is 9.13. The summed E-state index contributed by atoms with van der Waals surface area (Å²) < 4.78 is 9.30. The van der Waals surface area contributed by atoms with Gasteiger partial charge in [-0.3, -0.25) is 9.48 Å². The summed E-state index contributed by atoms with van der Waals surface area (Å²) in [5.41, 5.74) is 3.76. The largest absolute Gasteiger partial charge is 0.476 e. The highest BCUT2D eigenvalue weighted by Gasteiger charge is 2.19. The van der Waals surface area contributed by atoms with Gasteiger partial charge in [-0.2, -0.15) is 0 Å². The first-order valence-electron chi connectivity index (χ1n) is 9.52. The van der Waals surface area contributed by atoms with Gasteiger partial charge in [0.05, 0.1) is 12.4 Å². The van der Waals surface area contributed by atoms with Crippen molar-refractivity contribution in [3.63, 3.8) is 0 Å². The number of aryl methyl sites for hydroxylation is 3. The maximum atomic E-state index is 12.4. The Morgan fingerprint density at radius 3 is 2.76 bits per heavy atom. The first-order chi connectivity index (χ1) is 13.9. The van der Waals surface area contributed by atoms with Crippen LogP contribution in [-0.4, -0.2) is 42.8 Å². The van der Waals surface area contributed by atoms with Crippen LogP contribution in [0.5, 0.6) is 5.88 Å². The van der Waals surface area contributed by atoms with Crippen LogP contribution in [0.2, 0.25) is 0 Å². The SMILES string of the molecule is CCOc1nn(CC)cc1-c1nnc(SCC(=O)Nc2cc(C)ccc2C)n1C. The van der Waals surface area contributed by atoms with E-state index in [-0.39, 0.29) is 11.7 Å². The molecule has 8 nitrogen and oxygen atoms in total. The lowest BCUT2D eigenvalue weighted by atomic mass is 10.1. The molecule has 3 aromatic rings. The highest BCUT2D eigenvalue weighted by atomic mass is 32.2. The van der Waals surface area contributed by atoms with Crippen LogP contribution < -0.4 is 10.1 Å². The Morgan fingerprint density at radius 1 is 1.24 bits per heavy atom. The van der Waals surface area contributed by atoms with Gasteiger partial charge in [-0.1, -0.05) is 23.9 Å². The number of thioether (sulfide) groups is 1. The zero-order chi connectivity index (χ0) is 21.0. The van der Waals surface area contributed by atoms with E-state index in [1.54, 1.807) is 4.68 Å². The summed E-state index contributed by atoms with van der Waals surface area (Å²) in [5, 5.41) is 16.6. The number of hydrogen-bond acceptors (Lipinski definition) is 6. The van der Waals surface area contributed by atoms with Crippen molar-refractivity contribution in [3.8, 4) is 17.3 Å². The molecule has 3 rings (SSSR count). The normalized spacial score (nSPS) is 10.9. The van der Waals surface area contributed by atoms with Gasteiger partial charge in [0.1, 0.15) is 5.56 Å². The summed E-state index contributed by atoms with van der Waals surface area (Å²) in [6.45, 7) is 9.16. The van der Waals surface area contributed by atoms with Gasteiger partial charge < -0.3 is 14.6 Å². The van der Waals surface area contributed by atoms with Crippen LogP contribution in [0.15, 0.2) is 29.6 Å². The van der Waals surface area contributed by atoms with E-state index in [0.29, 0.717) is 23.5 Å². The molecule has 0 spiro atoms. The fourth-order valence-corrected chi connectivity index (χ4v) is 3.54. The first kappa shape index (κ1) is 20.9. The molecule has 9 heteroatoms. The molecule has 154 valence electrons. The number of nitrogens with zero attached hydrogens (tertiary/aromatic N) is 5. The van der Waals surface area contributed by atoms with Crippen molar-refractivity contribution >= 4 is 23.4 Å². The molecule has 0 bridgehead atoms. The summed E-state index contributed by atoms with van der Waals surface area (Å²) in [5.74, 6) is 1.35. The van der Waals surface area contributed by atoms with Crippen molar-refractivity contribution in [2.24, 2.45) is 7.05 Å². The lowest BCUT2D eigenvalue weighted by Crippen LogP contribution is -2.15. The number of aromatic nitrogens is 5. The Morgan fingerprint density at radius 2 is 2.03 bits per heavy atom. The predicted molar refractivity (Wildman–Crippen MR) is 114 cm³/mol. The molecule has 2 heterocycles. The molecule has 0 aliphatic heterocycles. The molecule has 1 amide bonds. The Balaban J connectivity index is 1.71. The number of benzene rings is 1. The molecular formula is C20H26N6O2S. The minimum atomic E-state index is -0.0814. The molecular weight excluding hydrogens is 388 g/mol. The van der Waals surface area contributed by atoms with Gasteiger partial charge in [-0.05, 0) is 44.9 Å². The Bertz CT molecular complexity index is 1010. The molecule has 0 fully saturated rings. The molecule has 0 saturated heterocycles. The van der Waals surface area contributed by atoms with E-state index in [9.17, 15) is 4.79 Å². The fraction of sp³-hybridized carbons (Fsp3) is 0.400. The lowest BCUT2D eigenvalue weighted by molar-refractivity contribution is -0.113. The van der Waals surface area contributed by atoms with Gasteiger partial charge in [0.2, 0.25) is 11.8 Å². The number of ether oxygens (including phenoxy) is 1. The quantitative estimate of drug-likeness (QED) is 0.568. The Hall–Kier alpha value is -2.81. The Kier molecular flexibility index (Phi) is 6.58. The number of rotatable bonds is 8. The van der Waals surface area contributed by atoms with Gasteiger partial charge in [0.15, 0.2) is 11.0 Å². The van der Waals surface area contributed by atoms with Crippen LogP contribution >= 0.6 is 11.8 Å². The standard InChI is InChI=1S/C20H26N6O2S/c1-6-26-11-15(19(24-26)28-7-2)18-22-23-20(25(18)5)29-12-17(27)21-16-10-13(3)8-9-14(16)4/h8-11H,6-7,12H2,1-5H3,(H,21,27). The number of carbonyl (C=O) groups is 1. The maximum Gasteiger partial charge on any atom is 0.243 e. The van der Waals surface area contributed by atoms with E-state index in [1.165, 1.54) is 11.8 Å². The van der Waals surface area contributed by atoms with E-state index in [2.05, 4.69) is 20.6 Å². The van der Waals surface area contributed by atoms with E-state index in [1.807, 2.05) is 63.7 Å². The van der Waals surface area contributed by atoms with E-state index >= 15 is 0 Å². The van der Waals surface area contributed by atoms with Crippen molar-refractivity contribution < 1.29 is 9.53 Å². The second-order valence-corrected chi connectivity index (χ2v) is 7.60. The van der Waals surface area contributed by atoms with Crippen molar-refractivity contribution in [3.05, 3.63) is 35.5 Å². The summed E-state index contributed by atoms with van der Waals surface area (Å²) in [6, 6.07) is 6.00. The lowest BCUT2D eigenvalue weighted by Gasteiger charge is -2.09. The van der Waals surface area contributed by atoms with Crippen LogP contribution in [0.4, 0.5) is 5.69 Å². The summed E-state index contributed by atoms with van der Waals surface area (Å²) in [6.07, 6.45) is 1.90. The third-order valence-electron chi connectivity index (χ3n) is 4.41. The van der Waals surface area contributed by atoms with E-state index in [4.69, 9.17) is 4.74 Å². The van der Waals surface area contributed by atoms with Crippen LogP contribution in [0.3, 0.4) is 0 Å². The van der Waals surface area contributed by atoms with Gasteiger partial charge in [-0.15, -0.1) is 15.3 Å². The third-order valence-corrected chi connectivity index (χ3v) is 5.43. The molecule has 0 atom stereocenters. The molecule has 0 saturated carbocycles. The van der Waals surface area contributed by atoms with Crippen LogP contribution in [0.1, 0.15) is 25.0 Å². The number of amides is 1. The highest BCUT2D eigenvalue weighted by molar-refractivity contribution is 7.99. The predicted octanol–water partition coefficient (Wildman–Crippen LogP) is 3.44. The monoisotopic (exact) mass is 414 g/mol. The fourth-order valence-electron chi connectivity index (χ4n) is 2.82. The van der Waals surface area contributed by atoms with Crippen molar-refractivity contribution in [2.45, 2.75) is 39.4 Å². The molecule has 0 aliphatic carbocycles. The number of nitrogens with one attached hydrogen (secondary N) is 1. The molecule has 2 aromatic heterocycles. The van der Waals surface area contributed by atoms with Crippen molar-refractivity contribution in [1.82, 2.24) is 24.5 Å². The Labute approximate surface area is 174 Å². The zero-order valence-corrected chi connectivity index (χ0v) is 18.2. The number of anilines is 1. The van der Waals surface area contributed by atoms with Gasteiger partial charge >= 0.3 is 0 Å². The summed E-state index contributed by atoms with van der Waals surface area (Å²) in [7, 11) is 1.87. The molecule has 29 heavy (non-hydrogen) atoms. The second-order valence-electron chi connectivity index (χ2n) is 6.66. The molecule has 0 aliphatic rings. The third kappa shape index (κ3) is 4.79. The number of carbonyl (C=O) groups excluding carboxylic acids is 1. The highest BCUT2D eigenvalue weighted by Crippen LogP contribution is 2.29. The van der Waals surface area contributed by atoms with E-state index in [0.717, 1.165) is 28.9 Å². The smallest absolute Gasteiger partial charge is 0.243 e. The topological polar surface area (TPSA) is 86.9 Å². The molecule has 1 N–H and O–H groups in total. The molecule has 1 aromatic carbocycles. The van der Waals surface area contributed by atoms with Crippen LogP contribution in [-0.2, 0) is 18.4 Å². The van der Waals surface area contributed by atoms with Crippen LogP contribution in [0.25, 0.3) is 11.4 Å². The number of hydrogen-bond donors (Lipinski definition) is 1. The summed E-state index contributed by atoms with van der Waals surface area (Å²) >= 11 is 1.34. The maximum absolute atomic E-state index is 12.4. The minimum absolute atomic E-state index is 0.0814. The van der Waals surface area contributed by atoms with Gasteiger partial charge in [0.25, 0.3) is 0 Å². The van der Waals surface area contributed by atoms with Crippen molar-refractivity contribution in [1.29, 1.82) is 0 Å². The van der Waals surface area contributed by atoms with Gasteiger partial charge in [-0.25, -0.2) is 0 Å². The average molecular weight is 415 g/mol. The molecule has 0 radical (unpaired) electrons. The first-order valence-corrected chi connectivity index (χ1v) is 10.5. The molecule has 0 unspecified atom stereocenters. The van der Waals surface area contributed by atoms with Gasteiger partial charge in [0, 0.05) is 25.5 Å². The minimum Gasteiger partial charge on any atom is -0.476 e. The van der Waals surface area contributed by atoms with Crippen molar-refractivity contribution in [2.75, 3.05) is 17.7 Å². The summed E-state index contributed by atoms with van der Waals surface area (Å²) in [4.78, 5) is 12.4. The van der Waals surface area contributed by atoms with Crippen LogP contribution in [0, 0.1) is 13.8 Å². The zero-order valence-electron chi connectivity index (χ0n) is 17.4.